The monoisotopic (exact) mass is 447 g/mol. The molecule has 0 fully saturated rings. The van der Waals surface area contributed by atoms with Crippen LogP contribution in [0.5, 0.6) is 0 Å². The van der Waals surface area contributed by atoms with Gasteiger partial charge < -0.3 is 9.32 Å². The molecule has 0 spiro atoms. The van der Waals surface area contributed by atoms with E-state index in [-0.39, 0.29) is 17.5 Å². The van der Waals surface area contributed by atoms with Gasteiger partial charge >= 0.3 is 0 Å². The lowest BCUT2D eigenvalue weighted by atomic mass is 9.94. The summed E-state index contributed by atoms with van der Waals surface area (Å²) in [5, 5.41) is 0. The van der Waals surface area contributed by atoms with Crippen molar-refractivity contribution in [1.29, 1.82) is 0 Å². The first-order chi connectivity index (χ1) is 13.5. The number of anilines is 1. The number of carbonyl (C=O) groups is 2. The van der Waals surface area contributed by atoms with Crippen LogP contribution in [0.1, 0.15) is 58.9 Å². The van der Waals surface area contributed by atoms with Gasteiger partial charge in [0.25, 0.3) is 5.91 Å². The average molecular weight is 448 g/mol. The highest BCUT2D eigenvalue weighted by molar-refractivity contribution is 9.10. The number of carbonyl (C=O) groups excluding carboxylic acids is 2. The number of ketones is 1. The fraction of sp³-hybridized carbons (Fsp3) is 0.476. The third-order valence-electron chi connectivity index (χ3n) is 5.27. The van der Waals surface area contributed by atoms with Crippen LogP contribution in [0.25, 0.3) is 0 Å². The molecule has 0 saturated carbocycles. The summed E-state index contributed by atoms with van der Waals surface area (Å²) in [6.45, 7) is 9.05. The van der Waals surface area contributed by atoms with Gasteiger partial charge in [-0.3, -0.25) is 14.5 Å². The average Bonchev–Trinajstić information content (AvgIpc) is 3.04. The van der Waals surface area contributed by atoms with Gasteiger partial charge in [-0.05, 0) is 54.5 Å². The Morgan fingerprint density at radius 1 is 1.21 bits per heavy atom. The molecule has 0 aromatic carbocycles. The number of aryl methyl sites for hydroxylation is 1. The number of rotatable bonds is 7. The molecule has 150 valence electrons. The van der Waals surface area contributed by atoms with Gasteiger partial charge in [0.05, 0.1) is 5.56 Å². The molecule has 0 bridgehead atoms. The summed E-state index contributed by atoms with van der Waals surface area (Å²) in [5.41, 5.74) is 1.25. The fourth-order valence-corrected chi connectivity index (χ4v) is 3.84. The molecule has 1 aliphatic rings. The van der Waals surface area contributed by atoms with Gasteiger partial charge in [-0.1, -0.05) is 13.8 Å². The number of nitrogens with zero attached hydrogens (tertiary/aromatic N) is 3. The predicted octanol–water partition coefficient (Wildman–Crippen LogP) is 4.25. The highest BCUT2D eigenvalue weighted by Crippen LogP contribution is 2.30. The maximum atomic E-state index is 13.4. The Labute approximate surface area is 174 Å². The van der Waals surface area contributed by atoms with Crippen LogP contribution in [0.15, 0.2) is 27.2 Å². The maximum absolute atomic E-state index is 13.4. The fourth-order valence-electron chi connectivity index (χ4n) is 3.60. The van der Waals surface area contributed by atoms with Gasteiger partial charge in [0.2, 0.25) is 0 Å². The zero-order chi connectivity index (χ0) is 20.3. The van der Waals surface area contributed by atoms with Crippen molar-refractivity contribution in [3.8, 4) is 0 Å². The maximum Gasteiger partial charge on any atom is 0.295 e. The molecular weight excluding hydrogens is 422 g/mol. The molecule has 1 amide bonds. The van der Waals surface area contributed by atoms with Gasteiger partial charge in [0, 0.05) is 42.2 Å². The molecule has 0 aliphatic heterocycles. The van der Waals surface area contributed by atoms with E-state index in [2.05, 4.69) is 39.7 Å². The van der Waals surface area contributed by atoms with E-state index >= 15 is 0 Å². The molecule has 0 atom stereocenters. The smallest absolute Gasteiger partial charge is 0.295 e. The Morgan fingerprint density at radius 3 is 2.57 bits per heavy atom. The summed E-state index contributed by atoms with van der Waals surface area (Å²) >= 11 is 3.39. The minimum Gasteiger partial charge on any atom is -0.455 e. The number of likely N-dealkylation sites (N-methyl/N-ethyl adjacent to an activating group) is 1. The van der Waals surface area contributed by atoms with Crippen molar-refractivity contribution >= 4 is 33.4 Å². The van der Waals surface area contributed by atoms with Crippen LogP contribution < -0.4 is 4.90 Å². The summed E-state index contributed by atoms with van der Waals surface area (Å²) in [4.78, 5) is 34.0. The SMILES string of the molecule is CCN(CC)CCN(C(=O)c1oc2c(c1C)C(=O)CCC2)c1ccc(Br)cn1. The Hall–Kier alpha value is -1.99. The quantitative estimate of drug-likeness (QED) is 0.634. The molecule has 2 aromatic heterocycles. The van der Waals surface area contributed by atoms with Crippen molar-refractivity contribution in [3.05, 3.63) is 45.4 Å². The standard InChI is InChI=1S/C21H26BrN3O3/c1-4-24(5-2)11-12-25(18-10-9-15(22)13-23-18)21(27)20-14(3)19-16(26)7-6-8-17(19)28-20/h9-10,13H,4-8,11-12H2,1-3H3. The third-order valence-corrected chi connectivity index (χ3v) is 5.74. The molecule has 6 nitrogen and oxygen atoms in total. The molecule has 0 saturated heterocycles. The molecular formula is C21H26BrN3O3. The van der Waals surface area contributed by atoms with Crippen LogP contribution in [-0.4, -0.2) is 47.8 Å². The van der Waals surface area contributed by atoms with Gasteiger partial charge in [-0.15, -0.1) is 0 Å². The van der Waals surface area contributed by atoms with Crippen molar-refractivity contribution in [2.75, 3.05) is 31.1 Å². The topological polar surface area (TPSA) is 66.7 Å². The Kier molecular flexibility index (Phi) is 6.67. The molecule has 7 heteroatoms. The zero-order valence-electron chi connectivity index (χ0n) is 16.6. The first kappa shape index (κ1) is 20.7. The molecule has 3 rings (SSSR count). The summed E-state index contributed by atoms with van der Waals surface area (Å²) in [7, 11) is 0. The first-order valence-electron chi connectivity index (χ1n) is 9.77. The van der Waals surface area contributed by atoms with Gasteiger partial charge in [0.15, 0.2) is 11.5 Å². The second kappa shape index (κ2) is 9.01. The summed E-state index contributed by atoms with van der Waals surface area (Å²) in [6, 6.07) is 3.68. The summed E-state index contributed by atoms with van der Waals surface area (Å²) in [6.07, 6.45) is 3.66. The molecule has 2 heterocycles. The van der Waals surface area contributed by atoms with Crippen LogP contribution in [0.2, 0.25) is 0 Å². The van der Waals surface area contributed by atoms with E-state index in [0.717, 1.165) is 30.5 Å². The van der Waals surface area contributed by atoms with E-state index < -0.39 is 0 Å². The molecule has 1 aliphatic carbocycles. The third kappa shape index (κ3) is 4.20. The van der Waals surface area contributed by atoms with E-state index in [0.29, 0.717) is 42.1 Å². The van der Waals surface area contributed by atoms with Crippen LogP contribution >= 0.6 is 15.9 Å². The number of hydrogen-bond donors (Lipinski definition) is 0. The van der Waals surface area contributed by atoms with E-state index in [1.54, 1.807) is 18.0 Å². The Morgan fingerprint density at radius 2 is 1.96 bits per heavy atom. The van der Waals surface area contributed by atoms with Crippen molar-refractivity contribution in [3.63, 3.8) is 0 Å². The second-order valence-electron chi connectivity index (χ2n) is 6.95. The lowest BCUT2D eigenvalue weighted by Gasteiger charge is -2.25. The highest BCUT2D eigenvalue weighted by atomic mass is 79.9. The van der Waals surface area contributed by atoms with Crippen molar-refractivity contribution in [2.45, 2.75) is 40.0 Å². The molecule has 0 unspecified atom stereocenters. The Balaban J connectivity index is 1.94. The van der Waals surface area contributed by atoms with Crippen LogP contribution in [0.4, 0.5) is 5.82 Å². The van der Waals surface area contributed by atoms with Crippen LogP contribution in [0, 0.1) is 6.92 Å². The molecule has 28 heavy (non-hydrogen) atoms. The number of amides is 1. The summed E-state index contributed by atoms with van der Waals surface area (Å²) in [5.74, 6) is 1.29. The summed E-state index contributed by atoms with van der Waals surface area (Å²) < 4.78 is 6.74. The number of Topliss-reactive ketones (excluding diaryl/α,β-unsaturated/α-hetero) is 1. The zero-order valence-corrected chi connectivity index (χ0v) is 18.2. The molecule has 0 radical (unpaired) electrons. The minimum absolute atomic E-state index is 0.0676. The van der Waals surface area contributed by atoms with Crippen LogP contribution in [0.3, 0.4) is 0 Å². The van der Waals surface area contributed by atoms with Crippen molar-refractivity contribution in [2.24, 2.45) is 0 Å². The van der Waals surface area contributed by atoms with Gasteiger partial charge in [-0.2, -0.15) is 0 Å². The number of aromatic nitrogens is 1. The number of pyridine rings is 1. The molecule has 0 N–H and O–H groups in total. The van der Waals surface area contributed by atoms with Gasteiger partial charge in [0.1, 0.15) is 11.6 Å². The predicted molar refractivity (Wildman–Crippen MR) is 112 cm³/mol. The molecule has 2 aromatic rings. The van der Waals surface area contributed by atoms with Crippen molar-refractivity contribution < 1.29 is 14.0 Å². The number of furan rings is 1. The number of hydrogen-bond acceptors (Lipinski definition) is 5. The second-order valence-corrected chi connectivity index (χ2v) is 7.87. The van der Waals surface area contributed by atoms with Crippen molar-refractivity contribution in [1.82, 2.24) is 9.88 Å². The first-order valence-corrected chi connectivity index (χ1v) is 10.6. The lowest BCUT2D eigenvalue weighted by molar-refractivity contribution is 0.0946. The minimum atomic E-state index is -0.248. The highest BCUT2D eigenvalue weighted by Gasteiger charge is 2.31. The van der Waals surface area contributed by atoms with E-state index in [4.69, 9.17) is 4.42 Å². The normalized spacial score (nSPS) is 13.7. The van der Waals surface area contributed by atoms with Gasteiger partial charge in [-0.25, -0.2) is 4.98 Å². The van der Waals surface area contributed by atoms with E-state index in [1.807, 2.05) is 12.1 Å². The Bertz CT molecular complexity index is 857. The van der Waals surface area contributed by atoms with E-state index in [1.165, 1.54) is 0 Å². The van der Waals surface area contributed by atoms with E-state index in [9.17, 15) is 9.59 Å². The number of halogens is 1. The lowest BCUT2D eigenvalue weighted by Crippen LogP contribution is -2.39. The van der Waals surface area contributed by atoms with Crippen LogP contribution in [-0.2, 0) is 6.42 Å². The number of fused-ring (bicyclic) bond motifs is 1. The largest absolute Gasteiger partial charge is 0.455 e.